The fraction of sp³-hybridized carbons (Fsp3) is 0.231. The number of anilines is 1. The number of carbonyl (C=O) groups is 3. The van der Waals surface area contributed by atoms with Crippen molar-refractivity contribution < 1.29 is 28.6 Å². The summed E-state index contributed by atoms with van der Waals surface area (Å²) in [6, 6.07) is 16.3. The van der Waals surface area contributed by atoms with Crippen LogP contribution < -0.4 is 15.8 Å². The number of pyridine rings is 1. The van der Waals surface area contributed by atoms with Crippen LogP contribution in [0.3, 0.4) is 0 Å². The predicted octanol–water partition coefficient (Wildman–Crippen LogP) is 4.64. The second-order valence-electron chi connectivity index (χ2n) is 8.99. The highest BCUT2D eigenvalue weighted by Crippen LogP contribution is 2.26. The molecule has 3 aromatic rings. The fourth-order valence-corrected chi connectivity index (χ4v) is 3.59. The monoisotopic (exact) mass is 494 g/mol. The number of aromatic nitrogens is 1. The van der Waals surface area contributed by atoms with Gasteiger partial charge in [-0.1, -0.05) is 6.07 Å². The highest BCUT2D eigenvalue weighted by Gasteiger charge is 2.38. The van der Waals surface area contributed by atoms with Gasteiger partial charge < -0.3 is 20.9 Å². The topological polar surface area (TPSA) is 135 Å². The number of hydrogen-bond donors (Lipinski definition) is 3. The molecule has 188 valence electrons. The van der Waals surface area contributed by atoms with Crippen molar-refractivity contribution in [3.05, 3.63) is 72.5 Å². The van der Waals surface area contributed by atoms with Crippen LogP contribution in [0.25, 0.3) is 11.3 Å². The lowest BCUT2D eigenvalue weighted by molar-refractivity contribution is -0.128. The summed E-state index contributed by atoms with van der Waals surface area (Å²) in [6.45, 7) is 4.85. The van der Waals surface area contributed by atoms with Crippen molar-refractivity contribution in [1.82, 2.24) is 9.88 Å². The van der Waals surface area contributed by atoms with Gasteiger partial charge in [-0.05, 0) is 81.4 Å². The maximum Gasteiger partial charge on any atom is 0.408 e. The number of halogens is 1. The first-order chi connectivity index (χ1) is 16.9. The standard InChI is InChI=1S/C26H27FN4O5/c1-26(2,3)31(25(34)35)21(15-22(28)32)24(33)30-23-6-4-5-20(29-23)16-7-11-18(12-8-16)36-19-13-9-17(27)10-14-19/h4-14,21H,15H2,1-3H3,(H2,28,32)(H,34,35)(H,29,30,33)/t21-/m0/s1. The van der Waals surface area contributed by atoms with Gasteiger partial charge in [0.05, 0.1) is 12.1 Å². The normalized spacial score (nSPS) is 11.9. The highest BCUT2D eigenvalue weighted by molar-refractivity contribution is 5.98. The number of rotatable bonds is 8. The molecule has 0 saturated heterocycles. The smallest absolute Gasteiger partial charge is 0.408 e. The van der Waals surface area contributed by atoms with E-state index in [0.717, 1.165) is 10.5 Å². The van der Waals surface area contributed by atoms with Gasteiger partial charge in [-0.3, -0.25) is 14.5 Å². The van der Waals surface area contributed by atoms with Gasteiger partial charge in [0.25, 0.3) is 0 Å². The molecule has 3 rings (SSSR count). The molecule has 4 N–H and O–H groups in total. The number of nitrogens with two attached hydrogens (primary N) is 1. The molecular weight excluding hydrogens is 467 g/mol. The van der Waals surface area contributed by atoms with E-state index in [1.807, 2.05) is 0 Å². The van der Waals surface area contributed by atoms with Crippen molar-refractivity contribution in [2.45, 2.75) is 38.8 Å². The maximum atomic E-state index is 13.1. The van der Waals surface area contributed by atoms with E-state index < -0.39 is 35.9 Å². The number of primary amides is 1. The van der Waals surface area contributed by atoms with Gasteiger partial charge in [-0.2, -0.15) is 0 Å². The van der Waals surface area contributed by atoms with E-state index in [4.69, 9.17) is 10.5 Å². The Kier molecular flexibility index (Phi) is 7.88. The molecule has 2 aromatic carbocycles. The van der Waals surface area contributed by atoms with Crippen molar-refractivity contribution in [3.8, 4) is 22.8 Å². The third kappa shape index (κ3) is 6.78. The van der Waals surface area contributed by atoms with E-state index in [9.17, 15) is 23.9 Å². The summed E-state index contributed by atoms with van der Waals surface area (Å²) in [6.07, 6.45) is -1.83. The number of nitrogens with one attached hydrogen (secondary N) is 1. The summed E-state index contributed by atoms with van der Waals surface area (Å²) in [5, 5.41) is 12.3. The van der Waals surface area contributed by atoms with E-state index in [2.05, 4.69) is 10.3 Å². The van der Waals surface area contributed by atoms with Crippen LogP contribution >= 0.6 is 0 Å². The third-order valence-corrected chi connectivity index (χ3v) is 5.14. The Morgan fingerprint density at radius 3 is 2.14 bits per heavy atom. The molecule has 0 aliphatic heterocycles. The highest BCUT2D eigenvalue weighted by atomic mass is 19.1. The van der Waals surface area contributed by atoms with Crippen LogP contribution in [0, 0.1) is 5.82 Å². The van der Waals surface area contributed by atoms with Crippen LogP contribution in [-0.4, -0.2) is 44.5 Å². The molecule has 0 fully saturated rings. The summed E-state index contributed by atoms with van der Waals surface area (Å²) in [5.41, 5.74) is 5.60. The Balaban J connectivity index is 1.78. The van der Waals surface area contributed by atoms with Crippen LogP contribution in [0.2, 0.25) is 0 Å². The lowest BCUT2D eigenvalue weighted by Crippen LogP contribution is -2.56. The van der Waals surface area contributed by atoms with Crippen LogP contribution in [0.1, 0.15) is 27.2 Å². The molecule has 0 unspecified atom stereocenters. The van der Waals surface area contributed by atoms with Gasteiger partial charge >= 0.3 is 6.09 Å². The van der Waals surface area contributed by atoms with E-state index in [1.54, 1.807) is 63.2 Å². The van der Waals surface area contributed by atoms with Crippen molar-refractivity contribution in [3.63, 3.8) is 0 Å². The van der Waals surface area contributed by atoms with Gasteiger partial charge in [-0.25, -0.2) is 14.2 Å². The van der Waals surface area contributed by atoms with Gasteiger partial charge in [0, 0.05) is 11.1 Å². The summed E-state index contributed by atoms with van der Waals surface area (Å²) in [5.74, 6) is -0.680. The second-order valence-corrected chi connectivity index (χ2v) is 8.99. The Morgan fingerprint density at radius 1 is 1.03 bits per heavy atom. The van der Waals surface area contributed by atoms with E-state index in [-0.39, 0.29) is 11.6 Å². The zero-order valence-corrected chi connectivity index (χ0v) is 20.1. The largest absolute Gasteiger partial charge is 0.465 e. The number of ether oxygens (including phenoxy) is 1. The molecule has 9 nitrogen and oxygen atoms in total. The Bertz CT molecular complexity index is 1240. The van der Waals surface area contributed by atoms with E-state index in [0.29, 0.717) is 17.2 Å². The summed E-state index contributed by atoms with van der Waals surface area (Å²) >= 11 is 0. The van der Waals surface area contributed by atoms with Gasteiger partial charge in [0.15, 0.2) is 0 Å². The summed E-state index contributed by atoms with van der Waals surface area (Å²) in [4.78, 5) is 41.8. The Morgan fingerprint density at radius 2 is 1.61 bits per heavy atom. The molecule has 1 atom stereocenters. The van der Waals surface area contributed by atoms with Crippen LogP contribution in [0.4, 0.5) is 15.0 Å². The quantitative estimate of drug-likeness (QED) is 0.418. The van der Waals surface area contributed by atoms with Crippen molar-refractivity contribution in [2.75, 3.05) is 5.32 Å². The molecule has 10 heteroatoms. The number of nitrogens with zero attached hydrogens (tertiary/aromatic N) is 2. The SMILES string of the molecule is CC(C)(C)N(C(=O)O)[C@@H](CC(N)=O)C(=O)Nc1cccc(-c2ccc(Oc3ccc(F)cc3)cc2)n1. The van der Waals surface area contributed by atoms with Crippen LogP contribution in [-0.2, 0) is 9.59 Å². The molecular formula is C26H27FN4O5. The molecule has 0 spiro atoms. The first kappa shape index (κ1) is 26.1. The lowest BCUT2D eigenvalue weighted by Gasteiger charge is -2.38. The summed E-state index contributed by atoms with van der Waals surface area (Å²) < 4.78 is 18.8. The Hall–Kier alpha value is -4.47. The molecule has 0 saturated carbocycles. The zero-order valence-electron chi connectivity index (χ0n) is 20.1. The first-order valence-corrected chi connectivity index (χ1v) is 11.1. The number of hydrogen-bond acceptors (Lipinski definition) is 5. The fourth-order valence-electron chi connectivity index (χ4n) is 3.59. The van der Waals surface area contributed by atoms with Gasteiger partial charge in [-0.15, -0.1) is 0 Å². The number of benzene rings is 2. The van der Waals surface area contributed by atoms with Gasteiger partial charge in [0.1, 0.15) is 29.2 Å². The third-order valence-electron chi connectivity index (χ3n) is 5.14. The van der Waals surface area contributed by atoms with Crippen molar-refractivity contribution >= 4 is 23.7 Å². The first-order valence-electron chi connectivity index (χ1n) is 11.1. The zero-order chi connectivity index (χ0) is 26.5. The maximum absolute atomic E-state index is 13.1. The van der Waals surface area contributed by atoms with E-state index >= 15 is 0 Å². The van der Waals surface area contributed by atoms with Crippen LogP contribution in [0.15, 0.2) is 66.7 Å². The average Bonchev–Trinajstić information content (AvgIpc) is 2.79. The van der Waals surface area contributed by atoms with Crippen molar-refractivity contribution in [2.24, 2.45) is 5.73 Å². The minimum atomic E-state index is -1.35. The molecule has 36 heavy (non-hydrogen) atoms. The molecule has 1 heterocycles. The molecule has 0 aliphatic rings. The predicted molar refractivity (Wildman–Crippen MR) is 132 cm³/mol. The molecule has 1 aromatic heterocycles. The number of carboxylic acid groups (broad SMARTS) is 1. The minimum absolute atomic E-state index is 0.179. The molecule has 0 aliphatic carbocycles. The lowest BCUT2D eigenvalue weighted by atomic mass is 10.0. The Labute approximate surface area is 207 Å². The molecule has 0 bridgehead atoms. The molecule has 0 radical (unpaired) electrons. The molecule has 3 amide bonds. The van der Waals surface area contributed by atoms with Crippen LogP contribution in [0.5, 0.6) is 11.5 Å². The number of amides is 3. The summed E-state index contributed by atoms with van der Waals surface area (Å²) in [7, 11) is 0. The van der Waals surface area contributed by atoms with E-state index in [1.165, 1.54) is 24.3 Å². The number of carbonyl (C=O) groups excluding carboxylic acids is 2. The minimum Gasteiger partial charge on any atom is -0.465 e. The average molecular weight is 495 g/mol. The second kappa shape index (κ2) is 10.9. The van der Waals surface area contributed by atoms with Crippen molar-refractivity contribution in [1.29, 1.82) is 0 Å². The van der Waals surface area contributed by atoms with Gasteiger partial charge in [0.2, 0.25) is 11.8 Å².